The SMILES string of the molecule is CC(C)C[C@@H]1CN(C(=O)c2ccccn2)CC(=O)N[C@H](Cc2ccccc2)c2nc(cs2)C(=O)N[C@H](C)c2nc(co2)C(=O)N1. The summed E-state index contributed by atoms with van der Waals surface area (Å²) in [5, 5.41) is 11.0. The van der Waals surface area contributed by atoms with Gasteiger partial charge in [-0.25, -0.2) is 9.97 Å². The number of nitrogens with zero attached hydrogens (tertiary/aromatic N) is 4. The predicted molar refractivity (Wildman–Crippen MR) is 166 cm³/mol. The van der Waals surface area contributed by atoms with Crippen molar-refractivity contribution in [1.82, 2.24) is 35.8 Å². The summed E-state index contributed by atoms with van der Waals surface area (Å²) in [4.78, 5) is 68.3. The summed E-state index contributed by atoms with van der Waals surface area (Å²) in [6.45, 7) is 5.46. The molecule has 5 rings (SSSR count). The number of nitrogens with one attached hydrogen (secondary N) is 3. The molecule has 3 N–H and O–H groups in total. The van der Waals surface area contributed by atoms with Crippen LogP contribution in [0.5, 0.6) is 0 Å². The van der Waals surface area contributed by atoms with E-state index < -0.39 is 41.8 Å². The molecule has 0 radical (unpaired) electrons. The van der Waals surface area contributed by atoms with Gasteiger partial charge < -0.3 is 25.3 Å². The first kappa shape index (κ1) is 31.5. The van der Waals surface area contributed by atoms with Crippen LogP contribution < -0.4 is 16.0 Å². The van der Waals surface area contributed by atoms with Crippen molar-refractivity contribution < 1.29 is 23.6 Å². The van der Waals surface area contributed by atoms with Gasteiger partial charge in [0.2, 0.25) is 11.8 Å². The van der Waals surface area contributed by atoms with Gasteiger partial charge in [0.25, 0.3) is 17.7 Å². The minimum absolute atomic E-state index is 0.0287. The van der Waals surface area contributed by atoms with Gasteiger partial charge in [-0.05, 0) is 43.4 Å². The summed E-state index contributed by atoms with van der Waals surface area (Å²) in [6.07, 6.45) is 3.68. The molecule has 0 fully saturated rings. The number of thiazole rings is 1. The van der Waals surface area contributed by atoms with Crippen LogP contribution in [0.3, 0.4) is 0 Å². The number of carbonyl (C=O) groups excluding carboxylic acids is 4. The Labute approximate surface area is 264 Å². The van der Waals surface area contributed by atoms with Crippen molar-refractivity contribution in [3.8, 4) is 0 Å². The molecular weight excluding hydrogens is 594 g/mol. The van der Waals surface area contributed by atoms with Crippen LogP contribution in [-0.4, -0.2) is 62.6 Å². The summed E-state index contributed by atoms with van der Waals surface area (Å²) in [5.74, 6) is -1.51. The molecule has 0 unspecified atom stereocenters. The second kappa shape index (κ2) is 14.2. The Hall–Kier alpha value is -4.91. The van der Waals surface area contributed by atoms with Crippen LogP contribution in [0.1, 0.15) is 87.2 Å². The van der Waals surface area contributed by atoms with Gasteiger partial charge in [-0.3, -0.25) is 24.2 Å². The van der Waals surface area contributed by atoms with Crippen LogP contribution in [0.25, 0.3) is 0 Å². The van der Waals surface area contributed by atoms with E-state index in [-0.39, 0.29) is 42.0 Å². The van der Waals surface area contributed by atoms with Gasteiger partial charge in [-0.2, -0.15) is 0 Å². The van der Waals surface area contributed by atoms with Crippen LogP contribution in [-0.2, 0) is 11.2 Å². The van der Waals surface area contributed by atoms with E-state index in [0.29, 0.717) is 17.8 Å². The molecule has 0 aliphatic carbocycles. The molecule has 1 aliphatic rings. The molecular formula is C32H35N7O5S. The Kier molecular flexibility index (Phi) is 9.98. The third-order valence-electron chi connectivity index (χ3n) is 7.18. The van der Waals surface area contributed by atoms with Gasteiger partial charge in [0.05, 0.1) is 12.6 Å². The Bertz CT molecular complexity index is 1640. The highest BCUT2D eigenvalue weighted by atomic mass is 32.1. The predicted octanol–water partition coefficient (Wildman–Crippen LogP) is 3.72. The summed E-state index contributed by atoms with van der Waals surface area (Å²) in [5.41, 5.74) is 1.33. The highest BCUT2D eigenvalue weighted by molar-refractivity contribution is 7.09. The van der Waals surface area contributed by atoms with Crippen molar-refractivity contribution in [3.63, 3.8) is 0 Å². The number of amides is 4. The van der Waals surface area contributed by atoms with E-state index >= 15 is 0 Å². The second-order valence-corrected chi connectivity index (χ2v) is 12.2. The molecule has 0 spiro atoms. The molecule has 1 aliphatic heterocycles. The summed E-state index contributed by atoms with van der Waals surface area (Å²) >= 11 is 1.25. The fourth-order valence-electron chi connectivity index (χ4n) is 5.08. The number of rotatable bonds is 5. The van der Waals surface area contributed by atoms with Crippen molar-refractivity contribution in [1.29, 1.82) is 0 Å². The molecule has 12 nitrogen and oxygen atoms in total. The summed E-state index contributed by atoms with van der Waals surface area (Å²) < 4.78 is 5.55. The van der Waals surface area contributed by atoms with Gasteiger partial charge in [0.1, 0.15) is 28.7 Å². The molecule has 0 saturated heterocycles. The van der Waals surface area contributed by atoms with Crippen molar-refractivity contribution in [2.24, 2.45) is 5.92 Å². The average Bonchev–Trinajstić information content (AvgIpc) is 3.72. The van der Waals surface area contributed by atoms with E-state index in [1.807, 2.05) is 44.2 Å². The van der Waals surface area contributed by atoms with Gasteiger partial charge >= 0.3 is 0 Å². The average molecular weight is 630 g/mol. The van der Waals surface area contributed by atoms with E-state index in [1.165, 1.54) is 28.7 Å². The maximum Gasteiger partial charge on any atom is 0.273 e. The second-order valence-electron chi connectivity index (χ2n) is 11.3. The van der Waals surface area contributed by atoms with E-state index in [2.05, 4.69) is 30.9 Å². The number of oxazole rings is 1. The molecule has 4 bridgehead atoms. The Morgan fingerprint density at radius 3 is 2.49 bits per heavy atom. The number of aromatic nitrogens is 3. The normalized spacial score (nSPS) is 19.7. The first-order chi connectivity index (χ1) is 21.7. The van der Waals surface area contributed by atoms with Gasteiger partial charge in [-0.15, -0.1) is 11.3 Å². The van der Waals surface area contributed by atoms with Crippen LogP contribution >= 0.6 is 11.3 Å². The lowest BCUT2D eigenvalue weighted by atomic mass is 10.0. The first-order valence-corrected chi connectivity index (χ1v) is 15.6. The smallest absolute Gasteiger partial charge is 0.273 e. The van der Waals surface area contributed by atoms with Crippen molar-refractivity contribution in [3.05, 3.63) is 99.9 Å². The monoisotopic (exact) mass is 629 g/mol. The molecule has 45 heavy (non-hydrogen) atoms. The van der Waals surface area contributed by atoms with Crippen LogP contribution in [0.4, 0.5) is 0 Å². The zero-order valence-corrected chi connectivity index (χ0v) is 26.0. The largest absolute Gasteiger partial charge is 0.446 e. The third kappa shape index (κ3) is 8.18. The highest BCUT2D eigenvalue weighted by Gasteiger charge is 2.29. The lowest BCUT2D eigenvalue weighted by molar-refractivity contribution is -0.122. The lowest BCUT2D eigenvalue weighted by Crippen LogP contribution is -2.50. The maximum atomic E-state index is 13.7. The molecule has 1 aromatic carbocycles. The molecule has 3 atom stereocenters. The van der Waals surface area contributed by atoms with E-state index in [9.17, 15) is 19.2 Å². The zero-order valence-electron chi connectivity index (χ0n) is 25.2. The Morgan fingerprint density at radius 1 is 1.00 bits per heavy atom. The van der Waals surface area contributed by atoms with Crippen molar-refractivity contribution in [2.45, 2.75) is 51.7 Å². The van der Waals surface area contributed by atoms with E-state index in [1.54, 1.807) is 30.5 Å². The number of hydrogen-bond acceptors (Lipinski definition) is 9. The summed E-state index contributed by atoms with van der Waals surface area (Å²) in [7, 11) is 0. The fourth-order valence-corrected chi connectivity index (χ4v) is 5.93. The van der Waals surface area contributed by atoms with Crippen LogP contribution in [0.2, 0.25) is 0 Å². The summed E-state index contributed by atoms with van der Waals surface area (Å²) in [6, 6.07) is 12.9. The molecule has 13 heteroatoms. The quantitative estimate of drug-likeness (QED) is 0.301. The minimum Gasteiger partial charge on any atom is -0.446 e. The fraction of sp³-hybridized carbons (Fsp3) is 0.344. The number of carbonyl (C=O) groups is 4. The number of hydrogen-bond donors (Lipinski definition) is 3. The molecule has 4 amide bonds. The Balaban J connectivity index is 1.52. The molecule has 3 aromatic heterocycles. The number of fused-ring (bicyclic) bond motifs is 4. The minimum atomic E-state index is -0.652. The third-order valence-corrected chi connectivity index (χ3v) is 8.14. The number of pyridine rings is 1. The molecule has 234 valence electrons. The molecule has 4 aromatic rings. The topological polar surface area (TPSA) is 159 Å². The maximum absolute atomic E-state index is 13.7. The Morgan fingerprint density at radius 2 is 1.76 bits per heavy atom. The van der Waals surface area contributed by atoms with Gasteiger partial charge in [0.15, 0.2) is 5.69 Å². The zero-order chi connectivity index (χ0) is 31.9. The standard InChI is InChI=1S/C32H35N7O5S/c1-19(2)13-22-15-39(32(43)23-11-7-8-12-33-23)16-27(40)36-24(14-21-9-5-4-6-10-21)31-38-26(18-45-31)29(42)34-20(3)30-37-25(17-44-30)28(41)35-22/h4-12,17-20,22,24H,13-16H2,1-3H3,(H,34,42)(H,35,41)(H,36,40)/t20-,22-,24-/m1/s1. The van der Waals surface area contributed by atoms with Crippen molar-refractivity contribution in [2.75, 3.05) is 13.1 Å². The van der Waals surface area contributed by atoms with Gasteiger partial charge in [0, 0.05) is 24.2 Å². The van der Waals surface area contributed by atoms with Crippen LogP contribution in [0.15, 0.2) is 70.8 Å². The highest BCUT2D eigenvalue weighted by Crippen LogP contribution is 2.24. The van der Waals surface area contributed by atoms with Crippen LogP contribution in [0, 0.1) is 5.92 Å². The molecule has 4 heterocycles. The number of benzene rings is 1. The van der Waals surface area contributed by atoms with Gasteiger partial charge in [-0.1, -0.05) is 50.2 Å². The first-order valence-electron chi connectivity index (χ1n) is 14.7. The van der Waals surface area contributed by atoms with E-state index in [4.69, 9.17) is 4.42 Å². The lowest BCUT2D eigenvalue weighted by Gasteiger charge is -2.29. The van der Waals surface area contributed by atoms with Crippen molar-refractivity contribution >= 4 is 35.0 Å². The molecule has 0 saturated carbocycles. The van der Waals surface area contributed by atoms with E-state index in [0.717, 1.165) is 5.56 Å².